The van der Waals surface area contributed by atoms with Crippen LogP contribution in [-0.2, 0) is 19.6 Å². The number of hydrogen-bond donors (Lipinski definition) is 1. The quantitative estimate of drug-likeness (QED) is 0.706. The third kappa shape index (κ3) is 3.51. The van der Waals surface area contributed by atoms with Gasteiger partial charge in [-0.15, -0.1) is 6.58 Å². The fraction of sp³-hybridized carbons (Fsp3) is 0.278. The largest absolute Gasteiger partial charge is 0.357 e. The molecule has 120 valence electrons. The smallest absolute Gasteiger partial charge is 0.123 e. The van der Waals surface area contributed by atoms with Crippen LogP contribution >= 0.6 is 0 Å². The van der Waals surface area contributed by atoms with Gasteiger partial charge >= 0.3 is 0 Å². The average Bonchev–Trinajstić information content (AvgIpc) is 3.02. The lowest BCUT2D eigenvalue weighted by molar-refractivity contribution is 0.315. The van der Waals surface area contributed by atoms with Crippen LogP contribution in [0.2, 0.25) is 0 Å². The fourth-order valence-electron chi connectivity index (χ4n) is 2.83. The van der Waals surface area contributed by atoms with Crippen LogP contribution in [0.4, 0.5) is 4.39 Å². The van der Waals surface area contributed by atoms with Gasteiger partial charge in [0.15, 0.2) is 0 Å². The van der Waals surface area contributed by atoms with Crippen molar-refractivity contribution in [1.29, 1.82) is 0 Å². The summed E-state index contributed by atoms with van der Waals surface area (Å²) < 4.78 is 15.2. The van der Waals surface area contributed by atoms with Crippen molar-refractivity contribution in [1.82, 2.24) is 19.7 Å². The van der Waals surface area contributed by atoms with E-state index < -0.39 is 0 Å². The molecule has 0 aliphatic carbocycles. The Bertz CT molecular complexity index is 831. The van der Waals surface area contributed by atoms with E-state index in [1.807, 2.05) is 23.7 Å². The van der Waals surface area contributed by atoms with Crippen molar-refractivity contribution < 1.29 is 4.39 Å². The van der Waals surface area contributed by atoms with Gasteiger partial charge in [-0.3, -0.25) is 9.58 Å². The highest BCUT2D eigenvalue weighted by Crippen LogP contribution is 2.18. The molecule has 2 aromatic heterocycles. The highest BCUT2D eigenvalue weighted by atomic mass is 19.1. The molecule has 4 nitrogen and oxygen atoms in total. The first kappa shape index (κ1) is 15.5. The maximum atomic E-state index is 13.3. The van der Waals surface area contributed by atoms with Gasteiger partial charge in [0.05, 0.1) is 12.2 Å². The molecule has 23 heavy (non-hydrogen) atoms. The molecular formula is C18H21FN4. The summed E-state index contributed by atoms with van der Waals surface area (Å²) in [5.74, 6) is -0.207. The number of hydrogen-bond acceptors (Lipinski definition) is 2. The van der Waals surface area contributed by atoms with Gasteiger partial charge in [0, 0.05) is 41.4 Å². The molecular weight excluding hydrogens is 291 g/mol. The third-order valence-corrected chi connectivity index (χ3v) is 3.88. The Labute approximate surface area is 135 Å². The third-order valence-electron chi connectivity index (χ3n) is 3.88. The summed E-state index contributed by atoms with van der Waals surface area (Å²) in [6, 6.07) is 6.81. The maximum absolute atomic E-state index is 13.3. The number of allylic oxidation sites excluding steroid dienone is 1. The number of fused-ring (bicyclic) bond motifs is 1. The normalized spacial score (nSPS) is 11.5. The van der Waals surface area contributed by atoms with E-state index >= 15 is 0 Å². The first-order chi connectivity index (χ1) is 11.0. The first-order valence-corrected chi connectivity index (χ1v) is 7.64. The zero-order valence-corrected chi connectivity index (χ0v) is 13.5. The number of aromatic nitrogens is 3. The van der Waals surface area contributed by atoms with Crippen molar-refractivity contribution in [2.75, 3.05) is 7.05 Å². The molecule has 0 spiro atoms. The van der Waals surface area contributed by atoms with Crippen LogP contribution in [0.1, 0.15) is 17.0 Å². The van der Waals surface area contributed by atoms with Crippen molar-refractivity contribution in [3.63, 3.8) is 0 Å². The van der Waals surface area contributed by atoms with Crippen molar-refractivity contribution in [3.05, 3.63) is 65.9 Å². The van der Waals surface area contributed by atoms with E-state index in [9.17, 15) is 4.39 Å². The lowest BCUT2D eigenvalue weighted by atomic mass is 10.2. The van der Waals surface area contributed by atoms with Gasteiger partial charge in [-0.1, -0.05) is 6.08 Å². The van der Waals surface area contributed by atoms with Crippen molar-refractivity contribution in [3.8, 4) is 0 Å². The van der Waals surface area contributed by atoms with Gasteiger partial charge in [-0.2, -0.15) is 5.10 Å². The summed E-state index contributed by atoms with van der Waals surface area (Å²) in [4.78, 5) is 5.55. The number of rotatable bonds is 6. The molecule has 0 bridgehead atoms. The summed E-state index contributed by atoms with van der Waals surface area (Å²) in [7, 11) is 2.07. The second-order valence-electron chi connectivity index (χ2n) is 5.95. The van der Waals surface area contributed by atoms with Crippen molar-refractivity contribution >= 4 is 10.9 Å². The van der Waals surface area contributed by atoms with Crippen LogP contribution in [0.5, 0.6) is 0 Å². The Morgan fingerprint density at radius 3 is 2.96 bits per heavy atom. The fourth-order valence-corrected chi connectivity index (χ4v) is 2.83. The van der Waals surface area contributed by atoms with Gasteiger partial charge in [0.2, 0.25) is 0 Å². The summed E-state index contributed by atoms with van der Waals surface area (Å²) in [5, 5.41) is 5.38. The predicted molar refractivity (Wildman–Crippen MR) is 90.6 cm³/mol. The Morgan fingerprint density at radius 2 is 2.17 bits per heavy atom. The zero-order valence-electron chi connectivity index (χ0n) is 13.5. The molecule has 0 aliphatic rings. The molecule has 0 atom stereocenters. The molecule has 2 heterocycles. The Morgan fingerprint density at radius 1 is 1.35 bits per heavy atom. The van der Waals surface area contributed by atoms with Gasteiger partial charge in [-0.25, -0.2) is 4.39 Å². The van der Waals surface area contributed by atoms with E-state index in [0.717, 1.165) is 41.9 Å². The Hall–Kier alpha value is -2.40. The first-order valence-electron chi connectivity index (χ1n) is 7.64. The highest BCUT2D eigenvalue weighted by molar-refractivity contribution is 5.80. The minimum absolute atomic E-state index is 0.207. The van der Waals surface area contributed by atoms with Gasteiger partial charge < -0.3 is 4.98 Å². The van der Waals surface area contributed by atoms with Gasteiger partial charge in [-0.05, 0) is 38.2 Å². The standard InChI is InChI=1S/C18H21FN4/c1-4-7-23-11-15(13(2)21-23)10-22(3)12-17-9-14-8-16(19)5-6-18(14)20-17/h4-6,8-9,11,20H,1,7,10,12H2,2-3H3. The number of aryl methyl sites for hydroxylation is 1. The lowest BCUT2D eigenvalue weighted by Gasteiger charge is -2.15. The van der Waals surface area contributed by atoms with Crippen LogP contribution in [-0.4, -0.2) is 26.7 Å². The minimum atomic E-state index is -0.207. The SMILES string of the molecule is C=CCn1cc(CN(C)Cc2cc3cc(F)ccc3[nH]2)c(C)n1. The van der Waals surface area contributed by atoms with Crippen LogP contribution in [0.15, 0.2) is 43.1 Å². The van der Waals surface area contributed by atoms with E-state index in [4.69, 9.17) is 0 Å². The summed E-state index contributed by atoms with van der Waals surface area (Å²) in [5.41, 5.74) is 4.28. The van der Waals surface area contributed by atoms with E-state index in [1.165, 1.54) is 11.6 Å². The number of nitrogens with zero attached hydrogens (tertiary/aromatic N) is 3. The molecule has 0 aliphatic heterocycles. The average molecular weight is 312 g/mol. The molecule has 0 amide bonds. The van der Waals surface area contributed by atoms with Crippen LogP contribution in [0, 0.1) is 12.7 Å². The molecule has 0 saturated carbocycles. The van der Waals surface area contributed by atoms with E-state index in [1.54, 1.807) is 12.1 Å². The molecule has 0 unspecified atom stereocenters. The summed E-state index contributed by atoms with van der Waals surface area (Å²) >= 11 is 0. The second kappa shape index (κ2) is 6.38. The Kier molecular flexibility index (Phi) is 4.30. The summed E-state index contributed by atoms with van der Waals surface area (Å²) in [6.45, 7) is 8.06. The molecule has 5 heteroatoms. The number of H-pyrrole nitrogens is 1. The molecule has 0 radical (unpaired) electrons. The van der Waals surface area contributed by atoms with Crippen molar-refractivity contribution in [2.24, 2.45) is 0 Å². The molecule has 3 aromatic rings. The molecule has 0 fully saturated rings. The number of benzene rings is 1. The predicted octanol–water partition coefficient (Wildman–Crippen LogP) is 3.63. The summed E-state index contributed by atoms with van der Waals surface area (Å²) in [6.07, 6.45) is 3.90. The van der Waals surface area contributed by atoms with E-state index in [-0.39, 0.29) is 5.82 Å². The topological polar surface area (TPSA) is 36.9 Å². The van der Waals surface area contributed by atoms with Crippen LogP contribution < -0.4 is 0 Å². The molecule has 3 rings (SSSR count). The minimum Gasteiger partial charge on any atom is -0.357 e. The highest BCUT2D eigenvalue weighted by Gasteiger charge is 2.09. The lowest BCUT2D eigenvalue weighted by Crippen LogP contribution is -2.17. The molecule has 0 saturated heterocycles. The van der Waals surface area contributed by atoms with Crippen LogP contribution in [0.25, 0.3) is 10.9 Å². The maximum Gasteiger partial charge on any atom is 0.123 e. The number of aromatic amines is 1. The van der Waals surface area contributed by atoms with E-state index in [2.05, 4.69) is 34.8 Å². The van der Waals surface area contributed by atoms with Crippen molar-refractivity contribution in [2.45, 2.75) is 26.6 Å². The second-order valence-corrected chi connectivity index (χ2v) is 5.95. The zero-order chi connectivity index (χ0) is 16.4. The number of nitrogens with one attached hydrogen (secondary N) is 1. The van der Waals surface area contributed by atoms with Gasteiger partial charge in [0.1, 0.15) is 5.82 Å². The monoisotopic (exact) mass is 312 g/mol. The molecule has 1 aromatic carbocycles. The Balaban J connectivity index is 1.70. The van der Waals surface area contributed by atoms with E-state index in [0.29, 0.717) is 0 Å². The van der Waals surface area contributed by atoms with Crippen LogP contribution in [0.3, 0.4) is 0 Å². The number of halogens is 1. The molecule has 1 N–H and O–H groups in total. The van der Waals surface area contributed by atoms with Gasteiger partial charge in [0.25, 0.3) is 0 Å².